The van der Waals surface area contributed by atoms with Crippen molar-refractivity contribution in [3.63, 3.8) is 0 Å². The van der Waals surface area contributed by atoms with Crippen LogP contribution in [0.1, 0.15) is 44.0 Å². The Morgan fingerprint density at radius 1 is 1.28 bits per heavy atom. The van der Waals surface area contributed by atoms with Crippen molar-refractivity contribution in [3.05, 3.63) is 41.7 Å². The maximum Gasteiger partial charge on any atom is 0.230 e. The van der Waals surface area contributed by atoms with Crippen LogP contribution < -0.4 is 14.8 Å². The number of hydrogen-bond donors (Lipinski definition) is 1. The van der Waals surface area contributed by atoms with Gasteiger partial charge < -0.3 is 19.4 Å². The number of fused-ring (bicyclic) bond motifs is 1. The summed E-state index contributed by atoms with van der Waals surface area (Å²) in [6.07, 6.45) is 7.85. The molecule has 1 unspecified atom stereocenters. The minimum Gasteiger partial charge on any atom is -0.485 e. The highest BCUT2D eigenvalue weighted by atomic mass is 32.2. The third kappa shape index (κ3) is 4.93. The molecule has 0 bridgehead atoms. The van der Waals surface area contributed by atoms with Gasteiger partial charge in [0.05, 0.1) is 5.75 Å². The Balaban J connectivity index is 1.27. The van der Waals surface area contributed by atoms with Crippen molar-refractivity contribution in [2.24, 2.45) is 7.05 Å². The van der Waals surface area contributed by atoms with E-state index in [1.165, 1.54) is 43.0 Å². The van der Waals surface area contributed by atoms with Crippen molar-refractivity contribution < 1.29 is 14.3 Å². The van der Waals surface area contributed by atoms with E-state index in [-0.39, 0.29) is 12.0 Å². The first-order valence-electron chi connectivity index (χ1n) is 10.1. The zero-order valence-electron chi connectivity index (χ0n) is 16.6. The van der Waals surface area contributed by atoms with Gasteiger partial charge in [0.2, 0.25) is 5.91 Å². The lowest BCUT2D eigenvalue weighted by Gasteiger charge is -2.25. The first-order valence-corrected chi connectivity index (χ1v) is 11.0. The maximum atomic E-state index is 12.2. The summed E-state index contributed by atoms with van der Waals surface area (Å²) in [6, 6.07) is 7.58. The van der Waals surface area contributed by atoms with Crippen molar-refractivity contribution in [1.29, 1.82) is 0 Å². The Bertz CT molecular complexity index is 896. The third-order valence-electron chi connectivity index (χ3n) is 5.15. The summed E-state index contributed by atoms with van der Waals surface area (Å²) in [7, 11) is 1.88. The summed E-state index contributed by atoms with van der Waals surface area (Å²) in [6.45, 7) is 1.08. The molecule has 7 nitrogen and oxygen atoms in total. The summed E-state index contributed by atoms with van der Waals surface area (Å²) >= 11 is 1.38. The Morgan fingerprint density at radius 2 is 2.14 bits per heavy atom. The van der Waals surface area contributed by atoms with E-state index in [9.17, 15) is 4.79 Å². The zero-order valence-corrected chi connectivity index (χ0v) is 17.4. The number of nitrogens with zero attached hydrogens (tertiary/aromatic N) is 3. The monoisotopic (exact) mass is 414 g/mol. The van der Waals surface area contributed by atoms with Crippen LogP contribution in [0.15, 0.2) is 41.1 Å². The number of allylic oxidation sites excluding steroid dienone is 1. The normalized spacial score (nSPS) is 18.2. The molecule has 0 saturated carbocycles. The maximum absolute atomic E-state index is 12.2. The van der Waals surface area contributed by atoms with Gasteiger partial charge >= 0.3 is 0 Å². The summed E-state index contributed by atoms with van der Waals surface area (Å²) in [5, 5.41) is 12.2. The molecular formula is C21H26N4O3S. The summed E-state index contributed by atoms with van der Waals surface area (Å²) in [4.78, 5) is 12.2. The molecule has 0 fully saturated rings. The molecule has 0 saturated heterocycles. The first kappa shape index (κ1) is 19.8. The van der Waals surface area contributed by atoms with Crippen LogP contribution in [0.25, 0.3) is 0 Å². The van der Waals surface area contributed by atoms with Gasteiger partial charge in [-0.1, -0.05) is 35.5 Å². The fourth-order valence-electron chi connectivity index (χ4n) is 3.55. The minimum absolute atomic E-state index is 0.0159. The van der Waals surface area contributed by atoms with E-state index in [0.717, 1.165) is 12.2 Å². The molecule has 1 aromatic heterocycles. The average molecular weight is 415 g/mol. The molecule has 1 aromatic carbocycles. The molecule has 1 aliphatic heterocycles. The zero-order chi connectivity index (χ0) is 20.1. The van der Waals surface area contributed by atoms with E-state index in [1.807, 2.05) is 35.9 Å². The minimum atomic E-state index is -0.325. The van der Waals surface area contributed by atoms with E-state index in [1.54, 1.807) is 0 Å². The molecule has 1 atom stereocenters. The van der Waals surface area contributed by atoms with Crippen molar-refractivity contribution in [2.75, 3.05) is 18.9 Å². The second kappa shape index (κ2) is 9.35. The number of carbonyl (C=O) groups excluding carboxylic acids is 1. The molecule has 0 radical (unpaired) electrons. The van der Waals surface area contributed by atoms with E-state index in [4.69, 9.17) is 9.47 Å². The highest BCUT2D eigenvalue weighted by Crippen LogP contribution is 2.35. The number of aromatic nitrogens is 3. The number of hydrogen-bond acceptors (Lipinski definition) is 6. The van der Waals surface area contributed by atoms with Crippen LogP contribution in [0.3, 0.4) is 0 Å². The molecule has 1 N–H and O–H groups in total. The van der Waals surface area contributed by atoms with Crippen molar-refractivity contribution in [3.8, 4) is 11.5 Å². The van der Waals surface area contributed by atoms with Gasteiger partial charge in [0, 0.05) is 13.6 Å². The first-order chi connectivity index (χ1) is 14.2. The molecule has 1 amide bonds. The number of carbonyl (C=O) groups is 1. The number of nitrogens with one attached hydrogen (secondary N) is 1. The Kier molecular flexibility index (Phi) is 6.39. The van der Waals surface area contributed by atoms with Gasteiger partial charge in [-0.05, 0) is 44.2 Å². The predicted molar refractivity (Wildman–Crippen MR) is 111 cm³/mol. The summed E-state index contributed by atoms with van der Waals surface area (Å²) < 4.78 is 13.6. The van der Waals surface area contributed by atoms with Gasteiger partial charge in [-0.15, -0.1) is 10.2 Å². The predicted octanol–water partition coefficient (Wildman–Crippen LogP) is 3.43. The van der Waals surface area contributed by atoms with Crippen LogP contribution in [-0.2, 0) is 11.8 Å². The summed E-state index contributed by atoms with van der Waals surface area (Å²) in [5.74, 6) is 2.46. The number of ether oxygens (including phenoxy) is 2. The Morgan fingerprint density at radius 3 is 2.97 bits per heavy atom. The lowest BCUT2D eigenvalue weighted by Crippen LogP contribution is -2.26. The van der Waals surface area contributed by atoms with Gasteiger partial charge in [-0.3, -0.25) is 4.79 Å². The molecule has 2 heterocycles. The lowest BCUT2D eigenvalue weighted by molar-refractivity contribution is -0.118. The number of benzene rings is 1. The van der Waals surface area contributed by atoms with Crippen LogP contribution >= 0.6 is 11.8 Å². The second-order valence-electron chi connectivity index (χ2n) is 7.26. The number of rotatable bonds is 7. The average Bonchev–Trinajstić information content (AvgIpc) is 3.13. The van der Waals surface area contributed by atoms with Crippen LogP contribution in [0, 0.1) is 0 Å². The topological polar surface area (TPSA) is 78.3 Å². The van der Waals surface area contributed by atoms with E-state index in [0.29, 0.717) is 35.6 Å². The molecule has 2 aromatic rings. The van der Waals surface area contributed by atoms with E-state index < -0.39 is 0 Å². The number of para-hydroxylation sites is 2. The van der Waals surface area contributed by atoms with Crippen LogP contribution in [0.5, 0.6) is 11.5 Å². The van der Waals surface area contributed by atoms with E-state index in [2.05, 4.69) is 21.6 Å². The molecule has 0 spiro atoms. The molecule has 8 heteroatoms. The van der Waals surface area contributed by atoms with Crippen LogP contribution in [0.4, 0.5) is 0 Å². The largest absolute Gasteiger partial charge is 0.485 e. The Hall–Kier alpha value is -2.48. The lowest BCUT2D eigenvalue weighted by atomic mass is 9.97. The Labute approximate surface area is 174 Å². The molecule has 4 rings (SSSR count). The molecule has 1 aliphatic carbocycles. The molecule has 2 aliphatic rings. The van der Waals surface area contributed by atoms with Crippen molar-refractivity contribution >= 4 is 17.7 Å². The molecular weight excluding hydrogens is 388 g/mol. The fraction of sp³-hybridized carbons (Fsp3) is 0.476. The number of thioether (sulfide) groups is 1. The van der Waals surface area contributed by atoms with Gasteiger partial charge in [0.1, 0.15) is 6.61 Å². The standard InChI is InChI=1S/C21H26N4O3S/c1-25-20(18-13-27-16-9-5-6-10-17(16)28-18)23-24-21(25)29-14-19(26)22-12-11-15-7-3-2-4-8-15/h5-7,9-10,18H,2-4,8,11-14H2,1H3,(H,22,26). The van der Waals surface area contributed by atoms with Gasteiger partial charge in [0.15, 0.2) is 28.6 Å². The van der Waals surface area contributed by atoms with Gasteiger partial charge in [-0.25, -0.2) is 0 Å². The molecule has 154 valence electrons. The fourth-order valence-corrected chi connectivity index (χ4v) is 4.30. The van der Waals surface area contributed by atoms with E-state index >= 15 is 0 Å². The highest BCUT2D eigenvalue weighted by molar-refractivity contribution is 7.99. The third-order valence-corrected chi connectivity index (χ3v) is 6.17. The second-order valence-corrected chi connectivity index (χ2v) is 8.20. The molecule has 29 heavy (non-hydrogen) atoms. The van der Waals surface area contributed by atoms with Crippen molar-refractivity contribution in [2.45, 2.75) is 43.4 Å². The van der Waals surface area contributed by atoms with Crippen molar-refractivity contribution in [1.82, 2.24) is 20.1 Å². The van der Waals surface area contributed by atoms with Gasteiger partial charge in [0.25, 0.3) is 0 Å². The highest BCUT2D eigenvalue weighted by Gasteiger charge is 2.27. The SMILES string of the molecule is Cn1c(SCC(=O)NCCC2=CCCCC2)nnc1C1COc2ccccc2O1. The number of amides is 1. The van der Waals surface area contributed by atoms with Crippen LogP contribution in [-0.4, -0.2) is 39.6 Å². The smallest absolute Gasteiger partial charge is 0.230 e. The van der Waals surface area contributed by atoms with Gasteiger partial charge in [-0.2, -0.15) is 0 Å². The summed E-state index contributed by atoms with van der Waals surface area (Å²) in [5.41, 5.74) is 1.47. The quantitative estimate of drug-likeness (QED) is 0.552. The van der Waals surface area contributed by atoms with Crippen LogP contribution in [0.2, 0.25) is 0 Å².